The molecule has 8 heteroatoms. The number of anilines is 1. The lowest BCUT2D eigenvalue weighted by molar-refractivity contribution is -0.137. The second-order valence-electron chi connectivity index (χ2n) is 5.13. The summed E-state index contributed by atoms with van der Waals surface area (Å²) in [6, 6.07) is 7.99. The van der Waals surface area contributed by atoms with Gasteiger partial charge in [-0.2, -0.15) is 0 Å². The van der Waals surface area contributed by atoms with Crippen molar-refractivity contribution in [3.05, 3.63) is 57.7 Å². The number of benzene rings is 1. The Bertz CT molecular complexity index is 771. The van der Waals surface area contributed by atoms with E-state index in [1.807, 2.05) is 19.1 Å². The van der Waals surface area contributed by atoms with E-state index >= 15 is 0 Å². The summed E-state index contributed by atoms with van der Waals surface area (Å²) in [5.41, 5.74) is 1.63. The maximum absolute atomic E-state index is 11.2. The van der Waals surface area contributed by atoms with E-state index in [1.165, 1.54) is 0 Å². The number of aryl methyl sites for hydroxylation is 1. The molecule has 1 atom stereocenters. The van der Waals surface area contributed by atoms with Crippen LogP contribution in [0.2, 0.25) is 10.0 Å². The molecule has 0 amide bonds. The van der Waals surface area contributed by atoms with Gasteiger partial charge in [0.1, 0.15) is 5.82 Å². The number of halogens is 2. The zero-order valence-electron chi connectivity index (χ0n) is 12.7. The number of rotatable bonds is 5. The molecule has 2 rings (SSSR count). The topological polar surface area (TPSA) is 74.2 Å². The van der Waals surface area contributed by atoms with Crippen LogP contribution in [0.3, 0.4) is 0 Å². The van der Waals surface area contributed by atoms with Crippen molar-refractivity contribution in [2.75, 3.05) is 5.32 Å². The number of aliphatic carboxylic acids is 1. The van der Waals surface area contributed by atoms with Crippen molar-refractivity contribution in [3.8, 4) is 0 Å². The number of thiocarbonyl (C=S) groups is 1. The van der Waals surface area contributed by atoms with Gasteiger partial charge in [0.2, 0.25) is 0 Å². The highest BCUT2D eigenvalue weighted by atomic mass is 35.5. The smallest absolute Gasteiger partial charge is 0.305 e. The third kappa shape index (κ3) is 5.33. The van der Waals surface area contributed by atoms with Crippen LogP contribution in [0.15, 0.2) is 36.5 Å². The number of carboxylic acids is 1. The van der Waals surface area contributed by atoms with Crippen molar-refractivity contribution >= 4 is 52.3 Å². The van der Waals surface area contributed by atoms with Crippen LogP contribution in [0.5, 0.6) is 0 Å². The molecule has 0 spiro atoms. The molecule has 1 aromatic heterocycles. The molecule has 0 radical (unpaired) electrons. The molecule has 0 aliphatic heterocycles. The van der Waals surface area contributed by atoms with Gasteiger partial charge >= 0.3 is 5.97 Å². The van der Waals surface area contributed by atoms with E-state index in [2.05, 4.69) is 15.6 Å². The quantitative estimate of drug-likeness (QED) is 0.671. The van der Waals surface area contributed by atoms with E-state index in [-0.39, 0.29) is 11.5 Å². The Balaban J connectivity index is 2.16. The Morgan fingerprint density at radius 2 is 2.08 bits per heavy atom. The minimum absolute atomic E-state index is 0.190. The zero-order chi connectivity index (χ0) is 17.7. The van der Waals surface area contributed by atoms with Crippen LogP contribution < -0.4 is 10.6 Å². The molecule has 5 nitrogen and oxygen atoms in total. The predicted octanol–water partition coefficient (Wildman–Crippen LogP) is 4.20. The fourth-order valence-electron chi connectivity index (χ4n) is 2.11. The average molecular weight is 384 g/mol. The van der Waals surface area contributed by atoms with Crippen LogP contribution >= 0.6 is 35.4 Å². The number of hydrogen-bond donors (Lipinski definition) is 3. The molecule has 1 aromatic carbocycles. The number of nitrogens with one attached hydrogen (secondary N) is 2. The number of hydrogen-bond acceptors (Lipinski definition) is 3. The molecule has 2 aromatic rings. The lowest BCUT2D eigenvalue weighted by Crippen LogP contribution is -2.34. The van der Waals surface area contributed by atoms with Gasteiger partial charge in [-0.25, -0.2) is 4.98 Å². The number of aromatic nitrogens is 1. The first kappa shape index (κ1) is 18.4. The standard InChI is InChI=1S/C16H15Cl2N3O2S/c1-9-4-5-19-14(6-9)21-16(24)20-13(8-15(22)23)11-3-2-10(17)7-12(11)18/h2-7,13H,8H2,1H3,(H,22,23)(H2,19,20,21,24). The van der Waals surface area contributed by atoms with E-state index in [1.54, 1.807) is 24.4 Å². The molecule has 1 heterocycles. The van der Waals surface area contributed by atoms with Gasteiger partial charge in [-0.3, -0.25) is 4.79 Å². The van der Waals surface area contributed by atoms with E-state index < -0.39 is 12.0 Å². The molecular formula is C16H15Cl2N3O2S. The minimum atomic E-state index is -0.977. The van der Waals surface area contributed by atoms with Crippen molar-refractivity contribution in [1.29, 1.82) is 0 Å². The van der Waals surface area contributed by atoms with Crippen LogP contribution in [0.1, 0.15) is 23.6 Å². The normalized spacial score (nSPS) is 11.6. The first-order chi connectivity index (χ1) is 11.3. The second kappa shape index (κ2) is 8.28. The third-order valence-electron chi connectivity index (χ3n) is 3.18. The first-order valence-electron chi connectivity index (χ1n) is 7.02. The molecule has 0 aliphatic carbocycles. The van der Waals surface area contributed by atoms with Crippen molar-refractivity contribution < 1.29 is 9.90 Å². The molecule has 126 valence electrons. The van der Waals surface area contributed by atoms with Gasteiger partial charge in [-0.1, -0.05) is 29.3 Å². The number of nitrogens with zero attached hydrogens (tertiary/aromatic N) is 1. The summed E-state index contributed by atoms with van der Waals surface area (Å²) in [7, 11) is 0. The second-order valence-corrected chi connectivity index (χ2v) is 6.39. The van der Waals surface area contributed by atoms with E-state index in [4.69, 9.17) is 40.5 Å². The lowest BCUT2D eigenvalue weighted by Gasteiger charge is -2.21. The highest BCUT2D eigenvalue weighted by Crippen LogP contribution is 2.28. The summed E-state index contributed by atoms with van der Waals surface area (Å²) in [4.78, 5) is 15.3. The van der Waals surface area contributed by atoms with Gasteiger partial charge in [-0.05, 0) is 54.5 Å². The summed E-state index contributed by atoms with van der Waals surface area (Å²) < 4.78 is 0. The molecular weight excluding hydrogens is 369 g/mol. The van der Waals surface area contributed by atoms with E-state index in [9.17, 15) is 4.79 Å². The van der Waals surface area contributed by atoms with Crippen LogP contribution in [0.25, 0.3) is 0 Å². The highest BCUT2D eigenvalue weighted by Gasteiger charge is 2.19. The van der Waals surface area contributed by atoms with E-state index in [0.29, 0.717) is 21.4 Å². The largest absolute Gasteiger partial charge is 0.481 e. The Morgan fingerprint density at radius 3 is 2.71 bits per heavy atom. The van der Waals surface area contributed by atoms with Gasteiger partial charge < -0.3 is 15.7 Å². The highest BCUT2D eigenvalue weighted by molar-refractivity contribution is 7.80. The SMILES string of the molecule is Cc1ccnc(NC(=S)NC(CC(=O)O)c2ccc(Cl)cc2Cl)c1. The summed E-state index contributed by atoms with van der Waals surface area (Å²) in [6.07, 6.45) is 1.47. The fraction of sp³-hybridized carbons (Fsp3) is 0.188. The molecule has 1 unspecified atom stereocenters. The van der Waals surface area contributed by atoms with Gasteiger partial charge in [0.05, 0.1) is 12.5 Å². The van der Waals surface area contributed by atoms with Gasteiger partial charge in [-0.15, -0.1) is 0 Å². The van der Waals surface area contributed by atoms with E-state index in [0.717, 1.165) is 5.56 Å². The molecule has 0 saturated heterocycles. The monoisotopic (exact) mass is 383 g/mol. The number of carbonyl (C=O) groups is 1. The summed E-state index contributed by atoms with van der Waals surface area (Å²) in [5.74, 6) is -0.404. The minimum Gasteiger partial charge on any atom is -0.481 e. The molecule has 0 saturated carbocycles. The van der Waals surface area contributed by atoms with Crippen LogP contribution in [0.4, 0.5) is 5.82 Å². The van der Waals surface area contributed by atoms with Crippen molar-refractivity contribution in [3.63, 3.8) is 0 Å². The lowest BCUT2D eigenvalue weighted by atomic mass is 10.0. The van der Waals surface area contributed by atoms with Crippen LogP contribution in [-0.2, 0) is 4.79 Å². The Kier molecular flexibility index (Phi) is 6.36. The number of carboxylic acid groups (broad SMARTS) is 1. The third-order valence-corrected chi connectivity index (χ3v) is 3.96. The van der Waals surface area contributed by atoms with Crippen LogP contribution in [-0.4, -0.2) is 21.2 Å². The van der Waals surface area contributed by atoms with Crippen LogP contribution in [0, 0.1) is 6.92 Å². The summed E-state index contributed by atoms with van der Waals surface area (Å²) in [5, 5.41) is 16.1. The Labute approximate surface area is 155 Å². The molecule has 0 fully saturated rings. The molecule has 0 bridgehead atoms. The fourth-order valence-corrected chi connectivity index (χ4v) is 2.90. The average Bonchev–Trinajstić information content (AvgIpc) is 2.46. The van der Waals surface area contributed by atoms with Crippen molar-refractivity contribution in [1.82, 2.24) is 10.3 Å². The predicted molar refractivity (Wildman–Crippen MR) is 99.8 cm³/mol. The van der Waals surface area contributed by atoms with Crippen molar-refractivity contribution in [2.24, 2.45) is 0 Å². The molecule has 0 aliphatic rings. The zero-order valence-corrected chi connectivity index (χ0v) is 15.0. The Hall–Kier alpha value is -1.89. The Morgan fingerprint density at radius 1 is 1.33 bits per heavy atom. The maximum Gasteiger partial charge on any atom is 0.305 e. The van der Waals surface area contributed by atoms with Gasteiger partial charge in [0.25, 0.3) is 0 Å². The van der Waals surface area contributed by atoms with Gasteiger partial charge in [0.15, 0.2) is 5.11 Å². The maximum atomic E-state index is 11.2. The number of pyridine rings is 1. The van der Waals surface area contributed by atoms with Crippen molar-refractivity contribution in [2.45, 2.75) is 19.4 Å². The molecule has 3 N–H and O–H groups in total. The first-order valence-corrected chi connectivity index (χ1v) is 8.18. The summed E-state index contributed by atoms with van der Waals surface area (Å²) in [6.45, 7) is 1.93. The summed E-state index contributed by atoms with van der Waals surface area (Å²) >= 11 is 17.3. The molecule has 24 heavy (non-hydrogen) atoms. The van der Waals surface area contributed by atoms with Gasteiger partial charge in [0, 0.05) is 16.2 Å².